The van der Waals surface area contributed by atoms with E-state index in [2.05, 4.69) is 0 Å². The third kappa shape index (κ3) is 5.38. The molecule has 3 fully saturated rings. The molecular formula is C35H40F3NO10Si. The summed E-state index contributed by atoms with van der Waals surface area (Å²) < 4.78 is 63.8. The van der Waals surface area contributed by atoms with Gasteiger partial charge in [-0.3, -0.25) is 28.8 Å². The maximum Gasteiger partial charge on any atom is 0.471 e. The quantitative estimate of drug-likeness (QED) is 0.193. The number of Topliss-reactive ketones (excluding diaryl/α,β-unsaturated/α-hetero) is 4. The number of allylic oxidation sites excluding steroid dienone is 2. The van der Waals surface area contributed by atoms with E-state index in [9.17, 15) is 41.9 Å². The Bertz CT molecular complexity index is 1730. The summed E-state index contributed by atoms with van der Waals surface area (Å²) in [6.45, 7) is 12.7. The van der Waals surface area contributed by atoms with Crippen molar-refractivity contribution in [3.63, 3.8) is 0 Å². The van der Waals surface area contributed by atoms with Crippen molar-refractivity contribution in [1.29, 1.82) is 0 Å². The minimum Gasteiger partial charge on any atom is -0.547 e. The van der Waals surface area contributed by atoms with Crippen molar-refractivity contribution in [1.82, 2.24) is 5.32 Å². The summed E-state index contributed by atoms with van der Waals surface area (Å²) in [7, 11) is -2.52. The zero-order chi connectivity index (χ0) is 36.9. The van der Waals surface area contributed by atoms with Gasteiger partial charge < -0.3 is 24.0 Å². The molecule has 0 spiro atoms. The Morgan fingerprint density at radius 2 is 1.58 bits per heavy atom. The Hall–Kier alpha value is -3.69. The molecule has 2 aliphatic heterocycles. The zero-order valence-corrected chi connectivity index (χ0v) is 29.8. The third-order valence-electron chi connectivity index (χ3n) is 11.3. The van der Waals surface area contributed by atoms with E-state index in [0.717, 1.165) is 6.92 Å². The maximum absolute atomic E-state index is 14.6. The first kappa shape index (κ1) is 36.1. The number of nitrogens with one attached hydrogen (secondary N) is 1. The van der Waals surface area contributed by atoms with Gasteiger partial charge in [0, 0.05) is 36.3 Å². The van der Waals surface area contributed by atoms with Crippen LogP contribution in [-0.2, 0) is 37.8 Å². The SMILES string of the molecule is CC(=O)O[C@H]1[C@@H](NC(=O)C(F)(F)F)C[C@H](CC2C=C(O[Si](C)(C)C(C)(C)C)CC3C(=O)C45OC4(C(=O)c4ccccc4C5=O)C(=O)C23)O[C@H]1C. The lowest BCUT2D eigenvalue weighted by Gasteiger charge is -2.46. The summed E-state index contributed by atoms with van der Waals surface area (Å²) >= 11 is 0. The average molecular weight is 720 g/mol. The monoisotopic (exact) mass is 719 g/mol. The van der Waals surface area contributed by atoms with Gasteiger partial charge >= 0.3 is 18.1 Å². The Morgan fingerprint density at radius 3 is 2.12 bits per heavy atom. The number of benzene rings is 1. The number of rotatable bonds is 6. The molecular weight excluding hydrogens is 679 g/mol. The molecule has 1 saturated carbocycles. The van der Waals surface area contributed by atoms with Crippen molar-refractivity contribution < 1.29 is 60.6 Å². The smallest absolute Gasteiger partial charge is 0.471 e. The fraction of sp³-hybridized carbons (Fsp3) is 0.600. The van der Waals surface area contributed by atoms with Gasteiger partial charge in [0.05, 0.1) is 24.0 Å². The van der Waals surface area contributed by atoms with Gasteiger partial charge in [-0.1, -0.05) is 45.0 Å². The van der Waals surface area contributed by atoms with E-state index in [1.807, 2.05) is 39.2 Å². The van der Waals surface area contributed by atoms with E-state index in [-0.39, 0.29) is 35.4 Å². The van der Waals surface area contributed by atoms with E-state index in [1.165, 1.54) is 19.1 Å². The Kier molecular flexibility index (Phi) is 8.43. The van der Waals surface area contributed by atoms with Gasteiger partial charge in [-0.05, 0) is 49.9 Å². The van der Waals surface area contributed by atoms with Crippen molar-refractivity contribution in [2.75, 3.05) is 0 Å². The molecule has 50 heavy (non-hydrogen) atoms. The number of ketones is 4. The minimum atomic E-state index is -5.21. The molecule has 5 unspecified atom stereocenters. The number of carbonyl (C=O) groups excluding carboxylic acids is 6. The third-order valence-corrected chi connectivity index (χ3v) is 15.6. The Morgan fingerprint density at radius 1 is 1.00 bits per heavy atom. The van der Waals surface area contributed by atoms with Gasteiger partial charge in [-0.15, -0.1) is 0 Å². The van der Waals surface area contributed by atoms with Gasteiger partial charge in [0.1, 0.15) is 6.10 Å². The van der Waals surface area contributed by atoms with Gasteiger partial charge in [-0.25, -0.2) is 0 Å². The Balaban J connectivity index is 1.38. The number of alkyl halides is 3. The van der Waals surface area contributed by atoms with Gasteiger partial charge in [0.25, 0.3) is 0 Å². The van der Waals surface area contributed by atoms with E-state index in [1.54, 1.807) is 18.2 Å². The lowest BCUT2D eigenvalue weighted by atomic mass is 9.55. The highest BCUT2D eigenvalue weighted by Crippen LogP contribution is 2.64. The van der Waals surface area contributed by atoms with Crippen LogP contribution in [0.4, 0.5) is 13.2 Å². The number of esters is 1. The number of fused-ring (bicyclic) bond motifs is 2. The van der Waals surface area contributed by atoms with Crippen LogP contribution in [0.5, 0.6) is 0 Å². The van der Waals surface area contributed by atoms with Crippen LogP contribution in [0.2, 0.25) is 18.1 Å². The summed E-state index contributed by atoms with van der Waals surface area (Å²) in [5, 5.41) is 1.67. The summed E-state index contributed by atoms with van der Waals surface area (Å²) in [4.78, 5) is 80.9. The molecule has 2 saturated heterocycles. The molecule has 9 atom stereocenters. The first-order valence-corrected chi connectivity index (χ1v) is 19.5. The number of halogens is 3. The van der Waals surface area contributed by atoms with Crippen LogP contribution < -0.4 is 5.32 Å². The second-order valence-electron chi connectivity index (χ2n) is 15.5. The van der Waals surface area contributed by atoms with Crippen molar-refractivity contribution in [2.45, 2.75) is 114 Å². The molecule has 1 amide bonds. The van der Waals surface area contributed by atoms with Crippen LogP contribution in [0.25, 0.3) is 0 Å². The highest BCUT2D eigenvalue weighted by molar-refractivity contribution is 6.74. The summed E-state index contributed by atoms with van der Waals surface area (Å²) in [6.07, 6.45) is -6.91. The predicted molar refractivity (Wildman–Crippen MR) is 170 cm³/mol. The molecule has 3 aliphatic carbocycles. The number of hydrogen-bond donors (Lipinski definition) is 1. The fourth-order valence-corrected chi connectivity index (χ4v) is 9.01. The van der Waals surface area contributed by atoms with Crippen molar-refractivity contribution in [3.8, 4) is 0 Å². The number of epoxide rings is 1. The first-order valence-electron chi connectivity index (χ1n) is 16.6. The second kappa shape index (κ2) is 11.7. The summed E-state index contributed by atoms with van der Waals surface area (Å²) in [5.41, 5.74) is -4.60. The lowest BCUT2D eigenvalue weighted by molar-refractivity contribution is -0.187. The van der Waals surface area contributed by atoms with E-state index >= 15 is 0 Å². The zero-order valence-electron chi connectivity index (χ0n) is 28.8. The molecule has 1 aromatic carbocycles. The van der Waals surface area contributed by atoms with Crippen LogP contribution in [0.15, 0.2) is 36.1 Å². The molecule has 0 radical (unpaired) electrons. The van der Waals surface area contributed by atoms with Gasteiger partial charge in [-0.2, -0.15) is 13.2 Å². The van der Waals surface area contributed by atoms with Gasteiger partial charge in [0.15, 0.2) is 11.6 Å². The van der Waals surface area contributed by atoms with Crippen LogP contribution >= 0.6 is 0 Å². The van der Waals surface area contributed by atoms with Crippen LogP contribution in [-0.4, -0.2) is 85.1 Å². The van der Waals surface area contributed by atoms with E-state index < -0.39 is 103 Å². The normalized spacial score (nSPS) is 35.2. The predicted octanol–water partition coefficient (Wildman–Crippen LogP) is 4.43. The molecule has 1 aromatic rings. The number of amides is 1. The molecule has 11 nitrogen and oxygen atoms in total. The second-order valence-corrected chi connectivity index (χ2v) is 20.2. The molecule has 6 rings (SSSR count). The van der Waals surface area contributed by atoms with Gasteiger partial charge in [0.2, 0.25) is 31.1 Å². The van der Waals surface area contributed by atoms with Crippen molar-refractivity contribution in [2.24, 2.45) is 17.8 Å². The largest absolute Gasteiger partial charge is 0.547 e. The number of hydrogen-bond acceptors (Lipinski definition) is 10. The van der Waals surface area contributed by atoms with Crippen molar-refractivity contribution in [3.05, 3.63) is 47.2 Å². The Labute approximate surface area is 287 Å². The molecule has 5 aliphatic rings. The highest BCUT2D eigenvalue weighted by atomic mass is 28.4. The summed E-state index contributed by atoms with van der Waals surface area (Å²) in [5.74, 6) is -8.60. The van der Waals surface area contributed by atoms with Crippen LogP contribution in [0, 0.1) is 17.8 Å². The molecule has 15 heteroatoms. The van der Waals surface area contributed by atoms with E-state index in [4.69, 9.17) is 18.6 Å². The fourth-order valence-electron chi connectivity index (χ4n) is 7.90. The molecule has 0 bridgehead atoms. The lowest BCUT2D eigenvalue weighted by Crippen LogP contribution is -2.64. The molecule has 0 aromatic heterocycles. The van der Waals surface area contributed by atoms with Crippen LogP contribution in [0.3, 0.4) is 0 Å². The minimum absolute atomic E-state index is 0.00439. The maximum atomic E-state index is 14.6. The average Bonchev–Trinajstić information content (AvgIpc) is 3.73. The molecule has 1 N–H and O–H groups in total. The molecule has 270 valence electrons. The standard InChI is InChI=1S/C35H40F3NO10Si/c1-16-26(47-17(2)40)24(39-31(45)35(36,37)38)15-19(46-16)12-18-13-20(48-50(6,7)32(3,4)5)14-23-25(18)30(44)34-28(42)22-11-9-8-10-21(22)27(41)33(34,49-34)29(23)43/h8-11,13,16,18-19,23-26H,12,14-15H2,1-7H3,(H,39,45)/t16-,18?,19-,23?,24-,25?,26+,33?,34?/m0/s1. The summed E-state index contributed by atoms with van der Waals surface area (Å²) in [6, 6.07) is 4.64. The van der Waals surface area contributed by atoms with Crippen LogP contribution in [0.1, 0.15) is 74.6 Å². The van der Waals surface area contributed by atoms with Crippen molar-refractivity contribution >= 4 is 43.3 Å². The highest BCUT2D eigenvalue weighted by Gasteiger charge is 2.91. The topological polar surface area (TPSA) is 155 Å². The number of carbonyl (C=O) groups is 6. The molecule has 2 heterocycles. The number of ether oxygens (including phenoxy) is 3. The first-order chi connectivity index (χ1) is 23.1. The van der Waals surface area contributed by atoms with E-state index in [0.29, 0.717) is 5.76 Å².